The van der Waals surface area contributed by atoms with Crippen LogP contribution in [0.4, 0.5) is 11.5 Å². The molecule has 2 aromatic heterocycles. The van der Waals surface area contributed by atoms with Gasteiger partial charge in [0.2, 0.25) is 0 Å². The molecule has 0 amide bonds. The fraction of sp³-hybridized carbons (Fsp3) is 0.267. The minimum atomic E-state index is -0.450. The van der Waals surface area contributed by atoms with Crippen molar-refractivity contribution in [1.82, 2.24) is 9.97 Å². The molecule has 6 nitrogen and oxygen atoms in total. The summed E-state index contributed by atoms with van der Waals surface area (Å²) in [5, 5.41) is 3.18. The molecule has 1 atom stereocenters. The van der Waals surface area contributed by atoms with Gasteiger partial charge in [0.25, 0.3) is 0 Å². The molecular weight excluding hydrogens is 268 g/mol. The second-order valence-corrected chi connectivity index (χ2v) is 4.49. The standard InChI is InChI=1S/C15H18N4O2/c1-3-21-15(20)12-6-8-18-14(13(12)16)19-10(2)11-5-4-7-17-9-11/h4-10H,3,16H2,1-2H3,(H,18,19). The Kier molecular flexibility index (Phi) is 4.71. The van der Waals surface area contributed by atoms with Crippen molar-refractivity contribution in [1.29, 1.82) is 0 Å². The number of nitrogens with zero attached hydrogens (tertiary/aromatic N) is 2. The summed E-state index contributed by atoms with van der Waals surface area (Å²) in [5.41, 5.74) is 7.60. The number of hydrogen-bond donors (Lipinski definition) is 2. The number of rotatable bonds is 5. The van der Waals surface area contributed by atoms with E-state index in [9.17, 15) is 4.79 Å². The average Bonchev–Trinajstić information content (AvgIpc) is 2.50. The first-order valence-electron chi connectivity index (χ1n) is 6.71. The topological polar surface area (TPSA) is 90.1 Å². The number of nitrogens with one attached hydrogen (secondary N) is 1. The van der Waals surface area contributed by atoms with Gasteiger partial charge in [0.05, 0.1) is 23.9 Å². The quantitative estimate of drug-likeness (QED) is 0.820. The predicted octanol–water partition coefficient (Wildman–Crippen LogP) is 2.41. The third-order valence-electron chi connectivity index (χ3n) is 3.02. The third-order valence-corrected chi connectivity index (χ3v) is 3.02. The van der Waals surface area contributed by atoms with Gasteiger partial charge < -0.3 is 15.8 Å². The highest BCUT2D eigenvalue weighted by atomic mass is 16.5. The lowest BCUT2D eigenvalue weighted by Gasteiger charge is -2.17. The van der Waals surface area contributed by atoms with E-state index in [1.54, 1.807) is 25.4 Å². The van der Waals surface area contributed by atoms with Crippen LogP contribution >= 0.6 is 0 Å². The first-order valence-corrected chi connectivity index (χ1v) is 6.71. The number of ether oxygens (including phenoxy) is 1. The van der Waals surface area contributed by atoms with Gasteiger partial charge in [0.15, 0.2) is 5.82 Å². The molecule has 1 unspecified atom stereocenters. The molecule has 0 aliphatic rings. The summed E-state index contributed by atoms with van der Waals surface area (Å²) in [6, 6.07) is 5.33. The highest BCUT2D eigenvalue weighted by Gasteiger charge is 2.16. The van der Waals surface area contributed by atoms with E-state index >= 15 is 0 Å². The maximum absolute atomic E-state index is 11.8. The van der Waals surface area contributed by atoms with Crippen molar-refractivity contribution >= 4 is 17.5 Å². The molecule has 110 valence electrons. The van der Waals surface area contributed by atoms with Gasteiger partial charge in [-0.15, -0.1) is 0 Å². The zero-order chi connectivity index (χ0) is 15.2. The lowest BCUT2D eigenvalue weighted by atomic mass is 10.1. The fourth-order valence-electron chi connectivity index (χ4n) is 1.90. The van der Waals surface area contributed by atoms with Gasteiger partial charge in [0, 0.05) is 18.6 Å². The second-order valence-electron chi connectivity index (χ2n) is 4.49. The monoisotopic (exact) mass is 286 g/mol. The zero-order valence-corrected chi connectivity index (χ0v) is 12.0. The maximum atomic E-state index is 11.8. The van der Waals surface area contributed by atoms with E-state index in [0.717, 1.165) is 5.56 Å². The van der Waals surface area contributed by atoms with E-state index in [1.807, 2.05) is 19.1 Å². The van der Waals surface area contributed by atoms with Gasteiger partial charge in [-0.3, -0.25) is 4.98 Å². The largest absolute Gasteiger partial charge is 0.462 e. The number of anilines is 2. The average molecular weight is 286 g/mol. The Morgan fingerprint density at radius 2 is 2.24 bits per heavy atom. The Hall–Kier alpha value is -2.63. The van der Waals surface area contributed by atoms with Crippen LogP contribution in [0.5, 0.6) is 0 Å². The van der Waals surface area contributed by atoms with E-state index in [-0.39, 0.29) is 11.7 Å². The van der Waals surface area contributed by atoms with Crippen LogP contribution < -0.4 is 11.1 Å². The van der Waals surface area contributed by atoms with Crippen LogP contribution in [0.25, 0.3) is 0 Å². The fourth-order valence-corrected chi connectivity index (χ4v) is 1.90. The van der Waals surface area contributed by atoms with Crippen molar-refractivity contribution in [3.8, 4) is 0 Å². The number of aromatic nitrogens is 2. The molecule has 0 fully saturated rings. The van der Waals surface area contributed by atoms with Crippen LogP contribution in [-0.2, 0) is 4.74 Å². The minimum Gasteiger partial charge on any atom is -0.462 e. The molecule has 21 heavy (non-hydrogen) atoms. The van der Waals surface area contributed by atoms with Crippen LogP contribution in [-0.4, -0.2) is 22.5 Å². The number of nitrogen functional groups attached to an aromatic ring is 1. The molecule has 0 aliphatic carbocycles. The molecule has 2 heterocycles. The number of hydrogen-bond acceptors (Lipinski definition) is 6. The molecule has 0 spiro atoms. The van der Waals surface area contributed by atoms with Crippen molar-refractivity contribution in [3.63, 3.8) is 0 Å². The van der Waals surface area contributed by atoms with Gasteiger partial charge >= 0.3 is 5.97 Å². The second kappa shape index (κ2) is 6.69. The maximum Gasteiger partial charge on any atom is 0.340 e. The van der Waals surface area contributed by atoms with Gasteiger partial charge in [-0.2, -0.15) is 0 Å². The summed E-state index contributed by atoms with van der Waals surface area (Å²) in [5.74, 6) is 0.00591. The number of pyridine rings is 2. The summed E-state index contributed by atoms with van der Waals surface area (Å²) in [7, 11) is 0. The van der Waals surface area contributed by atoms with Crippen molar-refractivity contribution in [2.24, 2.45) is 0 Å². The molecule has 2 rings (SSSR count). The molecule has 0 saturated carbocycles. The summed E-state index contributed by atoms with van der Waals surface area (Å²) in [4.78, 5) is 20.1. The molecule has 0 bridgehead atoms. The molecule has 0 radical (unpaired) electrons. The first kappa shape index (κ1) is 14.8. The number of nitrogens with two attached hydrogens (primary N) is 1. The highest BCUT2D eigenvalue weighted by molar-refractivity contribution is 5.97. The predicted molar refractivity (Wildman–Crippen MR) is 80.9 cm³/mol. The Morgan fingerprint density at radius 1 is 1.43 bits per heavy atom. The van der Waals surface area contributed by atoms with Gasteiger partial charge in [-0.05, 0) is 31.5 Å². The van der Waals surface area contributed by atoms with Gasteiger partial charge in [-0.25, -0.2) is 9.78 Å². The normalized spacial score (nSPS) is 11.7. The highest BCUT2D eigenvalue weighted by Crippen LogP contribution is 2.25. The van der Waals surface area contributed by atoms with E-state index < -0.39 is 5.97 Å². The van der Waals surface area contributed by atoms with E-state index in [1.165, 1.54) is 6.20 Å². The molecular formula is C15H18N4O2. The number of carbonyl (C=O) groups excluding carboxylic acids is 1. The molecule has 3 N–H and O–H groups in total. The third kappa shape index (κ3) is 3.47. The summed E-state index contributed by atoms with van der Waals surface area (Å²) in [6.07, 6.45) is 5.01. The van der Waals surface area contributed by atoms with E-state index in [0.29, 0.717) is 18.0 Å². The number of esters is 1. The first-order chi connectivity index (χ1) is 10.1. The van der Waals surface area contributed by atoms with Crippen LogP contribution in [0.3, 0.4) is 0 Å². The Labute approximate surface area is 123 Å². The van der Waals surface area contributed by atoms with Crippen LogP contribution in [0.1, 0.15) is 35.8 Å². The van der Waals surface area contributed by atoms with Crippen molar-refractivity contribution in [2.75, 3.05) is 17.7 Å². The smallest absolute Gasteiger partial charge is 0.340 e. The lowest BCUT2D eigenvalue weighted by molar-refractivity contribution is 0.0527. The van der Waals surface area contributed by atoms with Crippen molar-refractivity contribution in [3.05, 3.63) is 47.9 Å². The lowest BCUT2D eigenvalue weighted by Crippen LogP contribution is -2.14. The van der Waals surface area contributed by atoms with Crippen LogP contribution in [0, 0.1) is 0 Å². The summed E-state index contributed by atoms with van der Waals surface area (Å²) in [6.45, 7) is 4.02. The van der Waals surface area contributed by atoms with Gasteiger partial charge in [0.1, 0.15) is 0 Å². The summed E-state index contributed by atoms with van der Waals surface area (Å²) < 4.78 is 4.97. The molecule has 0 aliphatic heterocycles. The van der Waals surface area contributed by atoms with E-state index in [4.69, 9.17) is 10.5 Å². The number of carbonyl (C=O) groups is 1. The van der Waals surface area contributed by atoms with Crippen molar-refractivity contribution < 1.29 is 9.53 Å². The zero-order valence-electron chi connectivity index (χ0n) is 12.0. The van der Waals surface area contributed by atoms with Crippen LogP contribution in [0.15, 0.2) is 36.8 Å². The molecule has 0 aromatic carbocycles. The minimum absolute atomic E-state index is 0.0362. The Bertz CT molecular complexity index is 616. The molecule has 6 heteroatoms. The molecule has 2 aromatic rings. The Balaban J connectivity index is 2.21. The van der Waals surface area contributed by atoms with Crippen LogP contribution in [0.2, 0.25) is 0 Å². The summed E-state index contributed by atoms with van der Waals surface area (Å²) >= 11 is 0. The SMILES string of the molecule is CCOC(=O)c1ccnc(NC(C)c2cccnc2)c1N. The Morgan fingerprint density at radius 3 is 2.90 bits per heavy atom. The van der Waals surface area contributed by atoms with Gasteiger partial charge in [-0.1, -0.05) is 6.07 Å². The van der Waals surface area contributed by atoms with E-state index in [2.05, 4.69) is 15.3 Å². The molecule has 0 saturated heterocycles. The van der Waals surface area contributed by atoms with Crippen molar-refractivity contribution in [2.45, 2.75) is 19.9 Å².